The maximum atomic E-state index is 11.8. The highest BCUT2D eigenvalue weighted by Crippen LogP contribution is 1.87. The zero-order chi connectivity index (χ0) is 28.9. The maximum Gasteiger partial charge on any atom is 0.113 e. The first kappa shape index (κ1) is 39.4. The first-order valence-corrected chi connectivity index (χ1v) is 14.1. The van der Waals surface area contributed by atoms with Crippen LogP contribution in [0, 0.1) is 0 Å². The Morgan fingerprint density at radius 3 is 0.550 bits per heavy atom. The molecule has 0 aromatic carbocycles. The van der Waals surface area contributed by atoms with E-state index in [0.717, 1.165) is 0 Å². The molecule has 0 atom stereocenters. The van der Waals surface area contributed by atoms with Crippen LogP contribution in [0.5, 0.6) is 0 Å². The Morgan fingerprint density at radius 1 is 0.250 bits per heavy atom. The van der Waals surface area contributed by atoms with Gasteiger partial charge < -0.3 is 62.6 Å². The lowest BCUT2D eigenvalue weighted by Gasteiger charge is -2.09. The lowest BCUT2D eigenvalue weighted by molar-refractivity contribution is -0.0283. The maximum absolute atomic E-state index is 11.8. The molecule has 0 unspecified atom stereocenters. The third-order valence-corrected chi connectivity index (χ3v) is 4.58. The van der Waals surface area contributed by atoms with Crippen LogP contribution in [0.4, 0.5) is 4.39 Å². The van der Waals surface area contributed by atoms with Gasteiger partial charge in [0, 0.05) is 6.54 Å². The summed E-state index contributed by atoms with van der Waals surface area (Å²) < 4.78 is 76.0. The van der Waals surface area contributed by atoms with Crippen LogP contribution in [0.2, 0.25) is 0 Å². The fourth-order valence-electron chi connectivity index (χ4n) is 2.66. The van der Waals surface area contributed by atoms with Crippen molar-refractivity contribution in [2.45, 2.75) is 0 Å². The molecule has 0 bridgehead atoms. The van der Waals surface area contributed by atoms with Gasteiger partial charge in [0.25, 0.3) is 0 Å². The van der Waals surface area contributed by atoms with Crippen molar-refractivity contribution in [3.05, 3.63) is 0 Å². The van der Waals surface area contributed by atoms with Crippen LogP contribution in [0.25, 0.3) is 0 Å². The number of nitrogens with two attached hydrogens (primary N) is 1. The molecule has 2 N–H and O–H groups in total. The van der Waals surface area contributed by atoms with Gasteiger partial charge in [-0.2, -0.15) is 0 Å². The first-order valence-electron chi connectivity index (χ1n) is 14.1. The van der Waals surface area contributed by atoms with Crippen LogP contribution in [0.15, 0.2) is 0 Å². The lowest BCUT2D eigenvalue weighted by Crippen LogP contribution is -2.15. The van der Waals surface area contributed by atoms with E-state index in [1.54, 1.807) is 0 Å². The van der Waals surface area contributed by atoms with Gasteiger partial charge in [0.2, 0.25) is 0 Å². The van der Waals surface area contributed by atoms with Crippen molar-refractivity contribution in [2.75, 3.05) is 172 Å². The highest BCUT2D eigenvalue weighted by Gasteiger charge is 1.96. The van der Waals surface area contributed by atoms with Gasteiger partial charge in [0.1, 0.15) is 6.67 Å². The minimum Gasteiger partial charge on any atom is -0.378 e. The number of hydrogen-bond acceptors (Lipinski definition) is 13. The molecule has 0 aromatic heterocycles. The fourth-order valence-corrected chi connectivity index (χ4v) is 2.66. The van der Waals surface area contributed by atoms with Crippen molar-refractivity contribution < 1.29 is 61.2 Å². The van der Waals surface area contributed by atoms with E-state index < -0.39 is 6.67 Å². The Kier molecular flexibility index (Phi) is 37.8. The molecule has 0 saturated heterocycles. The lowest BCUT2D eigenvalue weighted by atomic mass is 10.6. The average molecular weight is 592 g/mol. The van der Waals surface area contributed by atoms with E-state index in [2.05, 4.69) is 0 Å². The Labute approximate surface area is 239 Å². The monoisotopic (exact) mass is 591 g/mol. The standard InChI is InChI=1S/C26H54FNO12/c27-1-3-29-5-7-31-9-11-33-13-15-35-17-19-37-21-23-39-25-26-40-24-22-38-20-18-36-16-14-34-12-10-32-8-6-30-4-2-28/h1-26,28H2. The molecule has 0 saturated carbocycles. The van der Waals surface area contributed by atoms with E-state index in [0.29, 0.717) is 159 Å². The van der Waals surface area contributed by atoms with E-state index in [9.17, 15) is 4.39 Å². The predicted molar refractivity (Wildman–Crippen MR) is 145 cm³/mol. The van der Waals surface area contributed by atoms with Gasteiger partial charge >= 0.3 is 0 Å². The van der Waals surface area contributed by atoms with Crippen LogP contribution < -0.4 is 5.73 Å². The molecule has 242 valence electrons. The normalized spacial score (nSPS) is 11.6. The van der Waals surface area contributed by atoms with Crippen LogP contribution in [-0.2, 0) is 56.8 Å². The number of ether oxygens (including phenoxy) is 12. The van der Waals surface area contributed by atoms with Gasteiger partial charge in [-0.25, -0.2) is 4.39 Å². The van der Waals surface area contributed by atoms with Crippen LogP contribution >= 0.6 is 0 Å². The third kappa shape index (κ3) is 37.4. The van der Waals surface area contributed by atoms with Gasteiger partial charge in [0.15, 0.2) is 0 Å². The van der Waals surface area contributed by atoms with Crippen LogP contribution in [0.1, 0.15) is 0 Å². The van der Waals surface area contributed by atoms with Crippen LogP contribution in [0.3, 0.4) is 0 Å². The second-order valence-electron chi connectivity index (χ2n) is 7.83. The number of hydrogen-bond donors (Lipinski definition) is 1. The van der Waals surface area contributed by atoms with E-state index >= 15 is 0 Å². The minimum atomic E-state index is -0.474. The van der Waals surface area contributed by atoms with Gasteiger partial charge in [-0.1, -0.05) is 0 Å². The van der Waals surface area contributed by atoms with Crippen molar-refractivity contribution in [3.63, 3.8) is 0 Å². The highest BCUT2D eigenvalue weighted by atomic mass is 19.1. The molecular formula is C26H54FNO12. The van der Waals surface area contributed by atoms with E-state index in [4.69, 9.17) is 62.6 Å². The number of rotatable bonds is 37. The van der Waals surface area contributed by atoms with E-state index in [1.165, 1.54) is 0 Å². The molecule has 0 radical (unpaired) electrons. The van der Waals surface area contributed by atoms with Crippen molar-refractivity contribution in [1.82, 2.24) is 0 Å². The molecule has 0 amide bonds. The molecule has 0 spiro atoms. The molecule has 13 nitrogen and oxygen atoms in total. The van der Waals surface area contributed by atoms with Crippen molar-refractivity contribution >= 4 is 0 Å². The summed E-state index contributed by atoms with van der Waals surface area (Å²) in [5.41, 5.74) is 5.32. The summed E-state index contributed by atoms with van der Waals surface area (Å²) in [6.07, 6.45) is 0. The summed E-state index contributed by atoms with van der Waals surface area (Å²) in [5.74, 6) is 0. The smallest absolute Gasteiger partial charge is 0.113 e. The zero-order valence-electron chi connectivity index (χ0n) is 24.2. The van der Waals surface area contributed by atoms with Crippen molar-refractivity contribution in [3.8, 4) is 0 Å². The molecule has 0 aromatic rings. The van der Waals surface area contributed by atoms with Crippen molar-refractivity contribution in [2.24, 2.45) is 5.73 Å². The molecule has 0 heterocycles. The first-order chi connectivity index (χ1) is 19.9. The number of alkyl halides is 1. The Bertz CT molecular complexity index is 408. The Balaban J connectivity index is 3.01. The topological polar surface area (TPSA) is 137 Å². The predicted octanol–water partition coefficient (Wildman–Crippen LogP) is 0.114. The second-order valence-corrected chi connectivity index (χ2v) is 7.83. The molecule has 14 heteroatoms. The van der Waals surface area contributed by atoms with E-state index in [-0.39, 0.29) is 6.61 Å². The average Bonchev–Trinajstić information content (AvgIpc) is 2.97. The summed E-state index contributed by atoms with van der Waals surface area (Å²) in [7, 11) is 0. The molecule has 0 rings (SSSR count). The SMILES string of the molecule is NCCOCCOCCOCCOCCOCCOCCOCCOCCOCCOCCOCCOCCF. The molecule has 0 aliphatic rings. The summed E-state index contributed by atoms with van der Waals surface area (Å²) in [6, 6.07) is 0. The number of halogens is 1. The molecule has 0 fully saturated rings. The summed E-state index contributed by atoms with van der Waals surface area (Å²) in [6.45, 7) is 11.7. The van der Waals surface area contributed by atoms with Gasteiger partial charge in [-0.05, 0) is 0 Å². The minimum absolute atomic E-state index is 0.113. The summed E-state index contributed by atoms with van der Waals surface area (Å²) >= 11 is 0. The summed E-state index contributed by atoms with van der Waals surface area (Å²) in [4.78, 5) is 0. The van der Waals surface area contributed by atoms with Crippen molar-refractivity contribution in [1.29, 1.82) is 0 Å². The fraction of sp³-hybridized carbons (Fsp3) is 1.00. The van der Waals surface area contributed by atoms with Gasteiger partial charge in [0.05, 0.1) is 159 Å². The Morgan fingerprint density at radius 2 is 0.400 bits per heavy atom. The zero-order valence-corrected chi connectivity index (χ0v) is 24.2. The van der Waals surface area contributed by atoms with Crippen LogP contribution in [-0.4, -0.2) is 172 Å². The van der Waals surface area contributed by atoms with Gasteiger partial charge in [-0.15, -0.1) is 0 Å². The molecule has 40 heavy (non-hydrogen) atoms. The Hall–Kier alpha value is -0.590. The molecule has 0 aliphatic carbocycles. The molecule has 0 aliphatic heterocycles. The van der Waals surface area contributed by atoms with Gasteiger partial charge in [-0.3, -0.25) is 0 Å². The highest BCUT2D eigenvalue weighted by molar-refractivity contribution is 4.39. The quantitative estimate of drug-likeness (QED) is 0.0980. The second kappa shape index (κ2) is 38.4. The largest absolute Gasteiger partial charge is 0.378 e. The summed E-state index contributed by atoms with van der Waals surface area (Å²) in [5, 5.41) is 0. The van der Waals surface area contributed by atoms with E-state index in [1.807, 2.05) is 0 Å². The molecular weight excluding hydrogens is 537 g/mol. The third-order valence-electron chi connectivity index (χ3n) is 4.58.